The lowest BCUT2D eigenvalue weighted by Gasteiger charge is -2.25. The van der Waals surface area contributed by atoms with E-state index in [1.54, 1.807) is 0 Å². The van der Waals surface area contributed by atoms with Crippen molar-refractivity contribution < 1.29 is 4.79 Å². The highest BCUT2D eigenvalue weighted by Gasteiger charge is 2.27. The van der Waals surface area contributed by atoms with Crippen LogP contribution in [0.4, 0.5) is 17.1 Å². The van der Waals surface area contributed by atoms with Gasteiger partial charge in [-0.25, -0.2) is 0 Å². The predicted octanol–water partition coefficient (Wildman–Crippen LogP) is 4.14. The Bertz CT molecular complexity index is 771. The van der Waals surface area contributed by atoms with Crippen LogP contribution < -0.4 is 10.2 Å². The van der Waals surface area contributed by atoms with Gasteiger partial charge in [-0.2, -0.15) is 0 Å². The van der Waals surface area contributed by atoms with Crippen LogP contribution >= 0.6 is 11.6 Å². The molecule has 2 aromatic carbocycles. The van der Waals surface area contributed by atoms with E-state index in [4.69, 9.17) is 11.6 Å². The summed E-state index contributed by atoms with van der Waals surface area (Å²) in [6, 6.07) is 13.3. The zero-order valence-electron chi connectivity index (χ0n) is 13.5. The van der Waals surface area contributed by atoms with E-state index in [2.05, 4.69) is 10.2 Å². The van der Waals surface area contributed by atoms with Gasteiger partial charge in [0.2, 0.25) is 0 Å². The number of fused-ring (bicyclic) bond motifs is 2. The number of nitrogens with zero attached hydrogens (tertiary/aromatic N) is 2. The topological polar surface area (TPSA) is 35.6 Å². The molecule has 2 aliphatic heterocycles. The molecule has 0 spiro atoms. The lowest BCUT2D eigenvalue weighted by atomic mass is 10.1. The molecular formula is C19H20ClN3O. The molecule has 0 aromatic heterocycles. The zero-order valence-corrected chi connectivity index (χ0v) is 14.2. The van der Waals surface area contributed by atoms with Crippen LogP contribution in [0, 0.1) is 0 Å². The minimum Gasteiger partial charge on any atom is -0.353 e. The van der Waals surface area contributed by atoms with Crippen LogP contribution in [-0.4, -0.2) is 37.0 Å². The van der Waals surface area contributed by atoms with E-state index in [-0.39, 0.29) is 5.91 Å². The molecular weight excluding hydrogens is 322 g/mol. The van der Waals surface area contributed by atoms with Crippen LogP contribution in [-0.2, 0) is 0 Å². The fraction of sp³-hybridized carbons (Fsp3) is 0.316. The number of amides is 1. The molecule has 2 aromatic rings. The first kappa shape index (κ1) is 15.5. The molecule has 0 radical (unpaired) electrons. The van der Waals surface area contributed by atoms with E-state index in [9.17, 15) is 4.79 Å². The van der Waals surface area contributed by atoms with Crippen molar-refractivity contribution in [1.29, 1.82) is 0 Å². The van der Waals surface area contributed by atoms with E-state index in [1.807, 2.05) is 47.4 Å². The SMILES string of the molecule is O=C1c2ccccc2Nc2cc(Cl)ccc2N1CCN1CCCC1. The number of para-hydroxylation sites is 1. The number of hydrogen-bond acceptors (Lipinski definition) is 3. The standard InChI is InChI=1S/C19H20ClN3O/c20-14-7-8-18-17(13-14)21-16-6-2-1-5-15(16)19(24)23(18)12-11-22-9-3-4-10-22/h1-2,5-8,13,21H,3-4,9-12H2. The summed E-state index contributed by atoms with van der Waals surface area (Å²) in [5.41, 5.74) is 3.29. The third-order valence-electron chi connectivity index (χ3n) is 4.76. The van der Waals surface area contributed by atoms with Gasteiger partial charge in [-0.05, 0) is 56.3 Å². The number of carbonyl (C=O) groups excluding carboxylic acids is 1. The minimum atomic E-state index is 0.0402. The molecule has 24 heavy (non-hydrogen) atoms. The summed E-state index contributed by atoms with van der Waals surface area (Å²) in [5.74, 6) is 0.0402. The minimum absolute atomic E-state index is 0.0402. The number of halogens is 1. The lowest BCUT2D eigenvalue weighted by molar-refractivity contribution is 0.0986. The average Bonchev–Trinajstić information content (AvgIpc) is 3.06. The van der Waals surface area contributed by atoms with Gasteiger partial charge in [0.05, 0.1) is 22.6 Å². The second-order valence-electron chi connectivity index (χ2n) is 6.34. The molecule has 124 valence electrons. The van der Waals surface area contributed by atoms with Crippen molar-refractivity contribution in [2.75, 3.05) is 36.4 Å². The van der Waals surface area contributed by atoms with E-state index < -0.39 is 0 Å². The molecule has 4 rings (SSSR count). The van der Waals surface area contributed by atoms with Crippen molar-refractivity contribution >= 4 is 34.6 Å². The number of rotatable bonds is 3. The molecule has 1 amide bonds. The first-order valence-corrected chi connectivity index (χ1v) is 8.80. The summed E-state index contributed by atoms with van der Waals surface area (Å²) in [4.78, 5) is 17.4. The third-order valence-corrected chi connectivity index (χ3v) is 4.99. The number of nitrogens with one attached hydrogen (secondary N) is 1. The van der Waals surface area contributed by atoms with Crippen molar-refractivity contribution in [3.05, 3.63) is 53.1 Å². The molecule has 5 heteroatoms. The molecule has 1 fully saturated rings. The average molecular weight is 342 g/mol. The van der Waals surface area contributed by atoms with Crippen LogP contribution in [0.1, 0.15) is 23.2 Å². The Hall–Kier alpha value is -2.04. The van der Waals surface area contributed by atoms with Crippen molar-refractivity contribution in [2.24, 2.45) is 0 Å². The molecule has 2 aliphatic rings. The highest BCUT2D eigenvalue weighted by molar-refractivity contribution is 6.31. The summed E-state index contributed by atoms with van der Waals surface area (Å²) >= 11 is 6.17. The van der Waals surface area contributed by atoms with E-state index in [0.717, 1.165) is 36.7 Å². The molecule has 0 unspecified atom stereocenters. The van der Waals surface area contributed by atoms with Crippen molar-refractivity contribution in [1.82, 2.24) is 4.90 Å². The maximum absolute atomic E-state index is 13.1. The second kappa shape index (κ2) is 6.46. The Balaban J connectivity index is 1.71. The molecule has 1 saturated heterocycles. The molecule has 0 saturated carbocycles. The van der Waals surface area contributed by atoms with E-state index in [1.165, 1.54) is 12.8 Å². The van der Waals surface area contributed by atoms with Crippen molar-refractivity contribution in [2.45, 2.75) is 12.8 Å². The Morgan fingerprint density at radius 2 is 1.79 bits per heavy atom. The van der Waals surface area contributed by atoms with Crippen molar-refractivity contribution in [3.8, 4) is 0 Å². The molecule has 4 nitrogen and oxygen atoms in total. The summed E-state index contributed by atoms with van der Waals surface area (Å²) in [5, 5.41) is 4.03. The smallest absolute Gasteiger partial charge is 0.260 e. The number of hydrogen-bond donors (Lipinski definition) is 1. The van der Waals surface area contributed by atoms with Gasteiger partial charge in [-0.3, -0.25) is 4.79 Å². The van der Waals surface area contributed by atoms with Crippen LogP contribution in [0.5, 0.6) is 0 Å². The maximum Gasteiger partial charge on any atom is 0.260 e. The van der Waals surface area contributed by atoms with Gasteiger partial charge in [-0.15, -0.1) is 0 Å². The fourth-order valence-electron chi connectivity index (χ4n) is 3.49. The summed E-state index contributed by atoms with van der Waals surface area (Å²) in [6.07, 6.45) is 2.51. The molecule has 0 aliphatic carbocycles. The van der Waals surface area contributed by atoms with Gasteiger partial charge in [0.25, 0.3) is 5.91 Å². The quantitative estimate of drug-likeness (QED) is 0.911. The van der Waals surface area contributed by atoms with Gasteiger partial charge in [-0.1, -0.05) is 23.7 Å². The Kier molecular flexibility index (Phi) is 4.17. The van der Waals surface area contributed by atoms with Gasteiger partial charge in [0.15, 0.2) is 0 Å². The second-order valence-corrected chi connectivity index (χ2v) is 6.77. The molecule has 0 atom stereocenters. The third kappa shape index (κ3) is 2.87. The van der Waals surface area contributed by atoms with Crippen LogP contribution in [0.15, 0.2) is 42.5 Å². The highest BCUT2D eigenvalue weighted by Crippen LogP contribution is 2.37. The first-order chi connectivity index (χ1) is 11.7. The number of likely N-dealkylation sites (tertiary alicyclic amines) is 1. The monoisotopic (exact) mass is 341 g/mol. The van der Waals surface area contributed by atoms with Gasteiger partial charge in [0, 0.05) is 18.1 Å². The van der Waals surface area contributed by atoms with Crippen molar-refractivity contribution in [3.63, 3.8) is 0 Å². The molecule has 0 bridgehead atoms. The number of anilines is 3. The molecule has 2 heterocycles. The van der Waals surface area contributed by atoms with Crippen LogP contribution in [0.3, 0.4) is 0 Å². The Morgan fingerprint density at radius 1 is 1.00 bits per heavy atom. The predicted molar refractivity (Wildman–Crippen MR) is 98.5 cm³/mol. The normalized spacial score (nSPS) is 17.2. The van der Waals surface area contributed by atoms with Gasteiger partial charge in [0.1, 0.15) is 0 Å². The Morgan fingerprint density at radius 3 is 2.62 bits per heavy atom. The Labute approximate surface area is 147 Å². The summed E-state index contributed by atoms with van der Waals surface area (Å²) < 4.78 is 0. The molecule has 1 N–H and O–H groups in total. The summed E-state index contributed by atoms with van der Waals surface area (Å²) in [6.45, 7) is 3.84. The maximum atomic E-state index is 13.1. The lowest BCUT2D eigenvalue weighted by Crippen LogP contribution is -2.37. The van der Waals surface area contributed by atoms with E-state index >= 15 is 0 Å². The van der Waals surface area contributed by atoms with Crippen LogP contribution in [0.25, 0.3) is 0 Å². The number of benzene rings is 2. The van der Waals surface area contributed by atoms with Crippen LogP contribution in [0.2, 0.25) is 5.02 Å². The number of carbonyl (C=O) groups is 1. The van der Waals surface area contributed by atoms with Gasteiger partial charge < -0.3 is 15.1 Å². The zero-order chi connectivity index (χ0) is 16.5. The fourth-order valence-corrected chi connectivity index (χ4v) is 3.66. The largest absolute Gasteiger partial charge is 0.353 e. The highest BCUT2D eigenvalue weighted by atomic mass is 35.5. The van der Waals surface area contributed by atoms with E-state index in [0.29, 0.717) is 17.1 Å². The first-order valence-electron chi connectivity index (χ1n) is 8.42. The summed E-state index contributed by atoms with van der Waals surface area (Å²) in [7, 11) is 0. The van der Waals surface area contributed by atoms with Gasteiger partial charge >= 0.3 is 0 Å².